The first-order valence-corrected chi connectivity index (χ1v) is 11.9. The summed E-state index contributed by atoms with van der Waals surface area (Å²) in [6.07, 6.45) is 0. The zero-order valence-corrected chi connectivity index (χ0v) is 18.4. The summed E-state index contributed by atoms with van der Waals surface area (Å²) in [6.45, 7) is 2.91. The van der Waals surface area contributed by atoms with Crippen LogP contribution in [0.15, 0.2) is 47.4 Å². The lowest BCUT2D eigenvalue weighted by Gasteiger charge is -2.36. The normalized spacial score (nSPS) is 18.3. The van der Waals surface area contributed by atoms with Crippen molar-refractivity contribution in [3.63, 3.8) is 0 Å². The molecule has 10 heteroatoms. The van der Waals surface area contributed by atoms with E-state index < -0.39 is 10.0 Å². The van der Waals surface area contributed by atoms with Gasteiger partial charge in [-0.3, -0.25) is 4.79 Å². The predicted molar refractivity (Wildman–Crippen MR) is 116 cm³/mol. The highest BCUT2D eigenvalue weighted by molar-refractivity contribution is 7.89. The SMILES string of the molecule is O=C(c1cc(S(=O)(=O)N2CCOCC2)ccc1Cl)N1CCN(c2ccccc2F)CC1. The van der Waals surface area contributed by atoms with Gasteiger partial charge in [-0.05, 0) is 30.3 Å². The molecule has 0 unspecified atom stereocenters. The Bertz CT molecular complexity index is 1070. The summed E-state index contributed by atoms with van der Waals surface area (Å²) in [5.41, 5.74) is 0.654. The monoisotopic (exact) mass is 467 g/mol. The molecule has 1 amide bonds. The van der Waals surface area contributed by atoms with Crippen LogP contribution in [-0.4, -0.2) is 76.0 Å². The van der Waals surface area contributed by atoms with Gasteiger partial charge in [0.1, 0.15) is 5.82 Å². The minimum Gasteiger partial charge on any atom is -0.379 e. The number of nitrogens with zero attached hydrogens (tertiary/aromatic N) is 3. The number of sulfonamides is 1. The third-order valence-electron chi connectivity index (χ3n) is 5.54. The summed E-state index contributed by atoms with van der Waals surface area (Å²) in [5.74, 6) is -0.636. The molecular formula is C21H23ClFN3O4S. The molecule has 2 heterocycles. The molecule has 0 N–H and O–H groups in total. The fraction of sp³-hybridized carbons (Fsp3) is 0.381. The minimum absolute atomic E-state index is 0.0344. The van der Waals surface area contributed by atoms with Gasteiger partial charge in [-0.15, -0.1) is 0 Å². The van der Waals surface area contributed by atoms with Crippen LogP contribution >= 0.6 is 11.6 Å². The van der Waals surface area contributed by atoms with Crippen LogP contribution in [0.3, 0.4) is 0 Å². The standard InChI is InChI=1S/C21H23ClFN3O4S/c22-18-6-5-16(31(28,29)26-11-13-30-14-12-26)15-17(18)21(27)25-9-7-24(8-10-25)20-4-2-1-3-19(20)23/h1-6,15H,7-14H2. The first-order chi connectivity index (χ1) is 14.9. The molecule has 2 aliphatic heterocycles. The van der Waals surface area contributed by atoms with Gasteiger partial charge in [0, 0.05) is 39.3 Å². The second-order valence-electron chi connectivity index (χ2n) is 7.39. The number of benzene rings is 2. The third-order valence-corrected chi connectivity index (χ3v) is 7.76. The summed E-state index contributed by atoms with van der Waals surface area (Å²) < 4.78 is 46.5. The van der Waals surface area contributed by atoms with Crippen molar-refractivity contribution in [3.05, 3.63) is 58.9 Å². The zero-order valence-electron chi connectivity index (χ0n) is 16.8. The molecule has 2 saturated heterocycles. The van der Waals surface area contributed by atoms with Crippen LogP contribution in [0.4, 0.5) is 10.1 Å². The van der Waals surface area contributed by atoms with Crippen molar-refractivity contribution in [1.82, 2.24) is 9.21 Å². The van der Waals surface area contributed by atoms with Crippen molar-refractivity contribution < 1.29 is 22.3 Å². The number of carbonyl (C=O) groups excluding carboxylic acids is 1. The number of piperazine rings is 1. The number of carbonyl (C=O) groups is 1. The molecule has 0 radical (unpaired) electrons. The van der Waals surface area contributed by atoms with Gasteiger partial charge in [0.05, 0.1) is 34.4 Å². The number of amides is 1. The van der Waals surface area contributed by atoms with Crippen LogP contribution in [0.5, 0.6) is 0 Å². The highest BCUT2D eigenvalue weighted by Gasteiger charge is 2.29. The second-order valence-corrected chi connectivity index (χ2v) is 9.73. The quantitative estimate of drug-likeness (QED) is 0.691. The van der Waals surface area contributed by atoms with Gasteiger partial charge < -0.3 is 14.5 Å². The van der Waals surface area contributed by atoms with Gasteiger partial charge in [-0.1, -0.05) is 23.7 Å². The molecule has 2 aromatic carbocycles. The van der Waals surface area contributed by atoms with E-state index in [9.17, 15) is 17.6 Å². The molecular weight excluding hydrogens is 445 g/mol. The van der Waals surface area contributed by atoms with Gasteiger partial charge in [0.2, 0.25) is 10.0 Å². The smallest absolute Gasteiger partial charge is 0.255 e. The molecule has 2 aromatic rings. The lowest BCUT2D eigenvalue weighted by Crippen LogP contribution is -2.49. The molecule has 0 spiro atoms. The van der Waals surface area contributed by atoms with Gasteiger partial charge >= 0.3 is 0 Å². The number of rotatable bonds is 4. The first-order valence-electron chi connectivity index (χ1n) is 10.0. The minimum atomic E-state index is -3.74. The maximum atomic E-state index is 14.0. The number of hydrogen-bond acceptors (Lipinski definition) is 5. The molecule has 7 nitrogen and oxygen atoms in total. The number of hydrogen-bond donors (Lipinski definition) is 0. The van der Waals surface area contributed by atoms with E-state index in [1.807, 2.05) is 4.90 Å². The predicted octanol–water partition coefficient (Wildman–Crippen LogP) is 2.46. The summed E-state index contributed by atoms with van der Waals surface area (Å²) in [5, 5.41) is 0.197. The van der Waals surface area contributed by atoms with E-state index in [1.54, 1.807) is 23.1 Å². The Hall–Kier alpha value is -2.20. The molecule has 0 bridgehead atoms. The molecule has 2 fully saturated rings. The third kappa shape index (κ3) is 4.55. The van der Waals surface area contributed by atoms with E-state index in [4.69, 9.17) is 16.3 Å². The Morgan fingerprint density at radius 1 is 0.968 bits per heavy atom. The van der Waals surface area contributed by atoms with E-state index in [-0.39, 0.29) is 40.3 Å². The van der Waals surface area contributed by atoms with Crippen LogP contribution in [0.1, 0.15) is 10.4 Å². The van der Waals surface area contributed by atoms with Gasteiger partial charge in [-0.2, -0.15) is 4.31 Å². The van der Waals surface area contributed by atoms with Gasteiger partial charge in [-0.25, -0.2) is 12.8 Å². The zero-order chi connectivity index (χ0) is 22.0. The van der Waals surface area contributed by atoms with Crippen molar-refractivity contribution in [2.45, 2.75) is 4.90 Å². The molecule has 0 aromatic heterocycles. The van der Waals surface area contributed by atoms with Crippen LogP contribution in [0.25, 0.3) is 0 Å². The van der Waals surface area contributed by atoms with Crippen LogP contribution in [0.2, 0.25) is 5.02 Å². The lowest BCUT2D eigenvalue weighted by molar-refractivity contribution is 0.0729. The molecule has 166 valence electrons. The van der Waals surface area contributed by atoms with Crippen molar-refractivity contribution in [2.24, 2.45) is 0 Å². The van der Waals surface area contributed by atoms with E-state index in [0.29, 0.717) is 45.1 Å². The Morgan fingerprint density at radius 2 is 1.65 bits per heavy atom. The largest absolute Gasteiger partial charge is 0.379 e. The van der Waals surface area contributed by atoms with Crippen LogP contribution < -0.4 is 4.90 Å². The summed E-state index contributed by atoms with van der Waals surface area (Å²) in [4.78, 5) is 16.6. The Morgan fingerprint density at radius 3 is 2.32 bits per heavy atom. The number of para-hydroxylation sites is 1. The van der Waals surface area contributed by atoms with Crippen molar-refractivity contribution >= 4 is 33.2 Å². The second kappa shape index (κ2) is 9.12. The molecule has 4 rings (SSSR count). The Kier molecular flexibility index (Phi) is 6.47. The maximum absolute atomic E-state index is 14.0. The first kappa shape index (κ1) is 22.0. The van der Waals surface area contributed by atoms with Crippen LogP contribution in [0, 0.1) is 5.82 Å². The van der Waals surface area contributed by atoms with E-state index in [0.717, 1.165) is 0 Å². The number of anilines is 1. The Balaban J connectivity index is 1.50. The van der Waals surface area contributed by atoms with Gasteiger partial charge in [0.15, 0.2) is 0 Å². The highest BCUT2D eigenvalue weighted by atomic mass is 35.5. The van der Waals surface area contributed by atoms with E-state index >= 15 is 0 Å². The summed E-state index contributed by atoms with van der Waals surface area (Å²) in [6, 6.07) is 10.7. The summed E-state index contributed by atoms with van der Waals surface area (Å²) in [7, 11) is -3.74. The number of morpholine rings is 1. The molecule has 2 aliphatic rings. The maximum Gasteiger partial charge on any atom is 0.255 e. The average molecular weight is 468 g/mol. The fourth-order valence-corrected chi connectivity index (χ4v) is 5.43. The molecule has 0 saturated carbocycles. The van der Waals surface area contributed by atoms with Crippen molar-refractivity contribution in [1.29, 1.82) is 0 Å². The Labute approximate surface area is 186 Å². The van der Waals surface area contributed by atoms with Crippen molar-refractivity contribution in [2.75, 3.05) is 57.4 Å². The fourth-order valence-electron chi connectivity index (χ4n) is 3.79. The van der Waals surface area contributed by atoms with Gasteiger partial charge in [0.25, 0.3) is 5.91 Å². The molecule has 0 atom stereocenters. The van der Waals surface area contributed by atoms with Crippen molar-refractivity contribution in [3.8, 4) is 0 Å². The molecule has 0 aliphatic carbocycles. The van der Waals surface area contributed by atoms with E-state index in [1.165, 1.54) is 28.6 Å². The van der Waals surface area contributed by atoms with E-state index in [2.05, 4.69) is 0 Å². The topological polar surface area (TPSA) is 70.2 Å². The summed E-state index contributed by atoms with van der Waals surface area (Å²) >= 11 is 6.26. The number of halogens is 2. The lowest BCUT2D eigenvalue weighted by atomic mass is 10.1. The average Bonchev–Trinajstić information content (AvgIpc) is 2.80. The van der Waals surface area contributed by atoms with Crippen LogP contribution in [-0.2, 0) is 14.8 Å². The highest BCUT2D eigenvalue weighted by Crippen LogP contribution is 2.26. The molecule has 31 heavy (non-hydrogen) atoms. The number of ether oxygens (including phenoxy) is 1.